The highest BCUT2D eigenvalue weighted by atomic mass is 16.5. The molecule has 0 amide bonds. The number of nitrogens with one attached hydrogen (secondary N) is 1. The quantitative estimate of drug-likeness (QED) is 0.699. The van der Waals surface area contributed by atoms with E-state index in [2.05, 4.69) is 26.1 Å². The molecule has 12 heavy (non-hydrogen) atoms. The third kappa shape index (κ3) is 1.80. The summed E-state index contributed by atoms with van der Waals surface area (Å²) in [5, 5.41) is 3.36. The first kappa shape index (κ1) is 10.0. The maximum Gasteiger partial charge on any atom is 0.0809 e. The molecule has 0 spiro atoms. The third-order valence-electron chi connectivity index (χ3n) is 2.88. The Labute approximate surface area is 75.7 Å². The monoisotopic (exact) mass is 171 g/mol. The highest BCUT2D eigenvalue weighted by Gasteiger charge is 2.38. The van der Waals surface area contributed by atoms with E-state index >= 15 is 0 Å². The van der Waals surface area contributed by atoms with Crippen LogP contribution >= 0.6 is 0 Å². The fourth-order valence-electron chi connectivity index (χ4n) is 2.39. The van der Waals surface area contributed by atoms with Gasteiger partial charge >= 0.3 is 0 Å². The van der Waals surface area contributed by atoms with Crippen LogP contribution in [0, 0.1) is 5.92 Å². The molecule has 1 saturated heterocycles. The second kappa shape index (κ2) is 3.75. The summed E-state index contributed by atoms with van der Waals surface area (Å²) in [6.45, 7) is 7.64. The normalized spacial score (nSPS) is 32.8. The number of rotatable bonds is 3. The number of hydrogen-bond donors (Lipinski definition) is 1. The average molecular weight is 171 g/mol. The molecular weight excluding hydrogens is 150 g/mol. The van der Waals surface area contributed by atoms with Crippen molar-refractivity contribution in [1.29, 1.82) is 0 Å². The van der Waals surface area contributed by atoms with E-state index in [1.165, 1.54) is 12.8 Å². The predicted molar refractivity (Wildman–Crippen MR) is 51.3 cm³/mol. The van der Waals surface area contributed by atoms with E-state index in [0.29, 0.717) is 12.0 Å². The number of hydrogen-bond acceptors (Lipinski definition) is 2. The minimum Gasteiger partial charge on any atom is -0.374 e. The lowest BCUT2D eigenvalue weighted by molar-refractivity contribution is -0.0221. The third-order valence-corrected chi connectivity index (χ3v) is 2.88. The van der Waals surface area contributed by atoms with E-state index in [1.54, 1.807) is 0 Å². The van der Waals surface area contributed by atoms with E-state index in [4.69, 9.17) is 4.74 Å². The minimum absolute atomic E-state index is 0.0723. The second-order valence-corrected chi connectivity index (χ2v) is 4.28. The first-order valence-electron chi connectivity index (χ1n) is 4.91. The lowest BCUT2D eigenvalue weighted by Crippen LogP contribution is -2.50. The maximum atomic E-state index is 5.79. The largest absolute Gasteiger partial charge is 0.374 e. The highest BCUT2D eigenvalue weighted by molar-refractivity contribution is 4.93. The summed E-state index contributed by atoms with van der Waals surface area (Å²) in [5.74, 6) is 0.637. The molecule has 0 radical (unpaired) electrons. The van der Waals surface area contributed by atoms with Crippen molar-refractivity contribution in [2.24, 2.45) is 5.92 Å². The molecule has 0 saturated carbocycles. The van der Waals surface area contributed by atoms with Crippen molar-refractivity contribution in [1.82, 2.24) is 5.32 Å². The summed E-state index contributed by atoms with van der Waals surface area (Å²) in [5.41, 5.74) is 0.0723. The van der Waals surface area contributed by atoms with Crippen LogP contribution in [0.15, 0.2) is 0 Å². The van der Waals surface area contributed by atoms with Gasteiger partial charge in [-0.2, -0.15) is 0 Å². The van der Waals surface area contributed by atoms with Gasteiger partial charge < -0.3 is 10.1 Å². The molecule has 2 heteroatoms. The van der Waals surface area contributed by atoms with Gasteiger partial charge in [0.15, 0.2) is 0 Å². The van der Waals surface area contributed by atoms with Crippen LogP contribution in [0.1, 0.15) is 33.6 Å². The van der Waals surface area contributed by atoms with E-state index < -0.39 is 0 Å². The summed E-state index contributed by atoms with van der Waals surface area (Å²) in [7, 11) is 2.03. The molecule has 1 rings (SSSR count). The molecule has 72 valence electrons. The Hall–Kier alpha value is -0.0800. The van der Waals surface area contributed by atoms with Gasteiger partial charge in [0.25, 0.3) is 0 Å². The van der Waals surface area contributed by atoms with Gasteiger partial charge in [0.05, 0.1) is 5.60 Å². The van der Waals surface area contributed by atoms with Crippen LogP contribution in [0.25, 0.3) is 0 Å². The van der Waals surface area contributed by atoms with Gasteiger partial charge in [0, 0.05) is 12.6 Å². The van der Waals surface area contributed by atoms with E-state index in [1.807, 2.05) is 7.05 Å². The molecule has 0 aliphatic carbocycles. The molecule has 0 aromatic rings. The molecule has 0 aromatic heterocycles. The Kier molecular flexibility index (Phi) is 3.13. The minimum atomic E-state index is 0.0723. The van der Waals surface area contributed by atoms with Crippen LogP contribution in [0.2, 0.25) is 0 Å². The Morgan fingerprint density at radius 3 is 2.42 bits per heavy atom. The van der Waals surface area contributed by atoms with Crippen molar-refractivity contribution >= 4 is 0 Å². The van der Waals surface area contributed by atoms with Gasteiger partial charge in [-0.1, -0.05) is 13.8 Å². The van der Waals surface area contributed by atoms with Gasteiger partial charge in [0.2, 0.25) is 0 Å². The van der Waals surface area contributed by atoms with E-state index in [0.717, 1.165) is 6.61 Å². The Balaban J connectivity index is 2.62. The molecule has 2 unspecified atom stereocenters. The molecule has 1 aliphatic heterocycles. The zero-order valence-corrected chi connectivity index (χ0v) is 8.68. The Morgan fingerprint density at radius 2 is 2.08 bits per heavy atom. The zero-order valence-electron chi connectivity index (χ0n) is 8.68. The van der Waals surface area contributed by atoms with Crippen molar-refractivity contribution in [3.05, 3.63) is 0 Å². The lowest BCUT2D eigenvalue weighted by atomic mass is 9.86. The molecule has 2 atom stereocenters. The molecule has 0 aromatic carbocycles. The first-order valence-corrected chi connectivity index (χ1v) is 4.91. The van der Waals surface area contributed by atoms with Gasteiger partial charge in [-0.25, -0.2) is 0 Å². The summed E-state index contributed by atoms with van der Waals surface area (Å²) in [4.78, 5) is 0. The predicted octanol–water partition coefficient (Wildman–Crippen LogP) is 1.80. The van der Waals surface area contributed by atoms with Crippen molar-refractivity contribution < 1.29 is 4.74 Å². The standard InChI is InChI=1S/C10H21NO/c1-8(2)9(11-4)10(3)6-5-7-12-10/h8-9,11H,5-7H2,1-4H3. The van der Waals surface area contributed by atoms with Crippen molar-refractivity contribution in [3.63, 3.8) is 0 Å². The van der Waals surface area contributed by atoms with Crippen LogP contribution in [-0.2, 0) is 4.74 Å². The summed E-state index contributed by atoms with van der Waals surface area (Å²) >= 11 is 0. The van der Waals surface area contributed by atoms with Gasteiger partial charge in [-0.05, 0) is 32.7 Å². The van der Waals surface area contributed by atoms with Crippen molar-refractivity contribution in [2.45, 2.75) is 45.3 Å². The van der Waals surface area contributed by atoms with Crippen LogP contribution in [-0.4, -0.2) is 25.3 Å². The van der Waals surface area contributed by atoms with Gasteiger partial charge in [-0.3, -0.25) is 0 Å². The molecule has 2 nitrogen and oxygen atoms in total. The SMILES string of the molecule is CNC(C(C)C)C1(C)CCCO1. The van der Waals surface area contributed by atoms with Crippen LogP contribution in [0.5, 0.6) is 0 Å². The first-order chi connectivity index (χ1) is 5.60. The van der Waals surface area contributed by atoms with Gasteiger partial charge in [-0.15, -0.1) is 0 Å². The molecule has 1 N–H and O–H groups in total. The smallest absolute Gasteiger partial charge is 0.0809 e. The molecule has 1 fully saturated rings. The number of likely N-dealkylation sites (N-methyl/N-ethyl adjacent to an activating group) is 1. The fraction of sp³-hybridized carbons (Fsp3) is 1.00. The van der Waals surface area contributed by atoms with Crippen molar-refractivity contribution in [3.8, 4) is 0 Å². The topological polar surface area (TPSA) is 21.3 Å². The molecule has 1 aliphatic rings. The average Bonchev–Trinajstić information content (AvgIpc) is 2.37. The van der Waals surface area contributed by atoms with Crippen LogP contribution in [0.4, 0.5) is 0 Å². The summed E-state index contributed by atoms with van der Waals surface area (Å²) in [6, 6.07) is 0.486. The Morgan fingerprint density at radius 1 is 1.42 bits per heavy atom. The number of ether oxygens (including phenoxy) is 1. The second-order valence-electron chi connectivity index (χ2n) is 4.28. The fourth-order valence-corrected chi connectivity index (χ4v) is 2.39. The van der Waals surface area contributed by atoms with Crippen LogP contribution < -0.4 is 5.32 Å². The van der Waals surface area contributed by atoms with Gasteiger partial charge in [0.1, 0.15) is 0 Å². The van der Waals surface area contributed by atoms with E-state index in [9.17, 15) is 0 Å². The zero-order chi connectivity index (χ0) is 9.19. The summed E-state index contributed by atoms with van der Waals surface area (Å²) < 4.78 is 5.79. The van der Waals surface area contributed by atoms with Crippen LogP contribution in [0.3, 0.4) is 0 Å². The molecule has 0 bridgehead atoms. The van der Waals surface area contributed by atoms with Crippen molar-refractivity contribution in [2.75, 3.05) is 13.7 Å². The summed E-state index contributed by atoms with van der Waals surface area (Å²) in [6.07, 6.45) is 2.40. The Bertz CT molecular complexity index is 139. The molecular formula is C10H21NO. The lowest BCUT2D eigenvalue weighted by Gasteiger charge is -2.35. The molecule has 1 heterocycles. The highest BCUT2D eigenvalue weighted by Crippen LogP contribution is 2.31. The maximum absolute atomic E-state index is 5.79. The van der Waals surface area contributed by atoms with E-state index in [-0.39, 0.29) is 5.60 Å².